The molecule has 0 atom stereocenters. The third-order valence-electron chi connectivity index (χ3n) is 5.06. The lowest BCUT2D eigenvalue weighted by atomic mass is 10.0. The summed E-state index contributed by atoms with van der Waals surface area (Å²) in [6.07, 6.45) is 1.51. The summed E-state index contributed by atoms with van der Waals surface area (Å²) in [7, 11) is 3.06. The van der Waals surface area contributed by atoms with Gasteiger partial charge in [-0.05, 0) is 48.9 Å². The van der Waals surface area contributed by atoms with Gasteiger partial charge < -0.3 is 19.2 Å². The first-order valence-corrected chi connectivity index (χ1v) is 9.70. The van der Waals surface area contributed by atoms with E-state index in [9.17, 15) is 9.59 Å². The second-order valence-electron chi connectivity index (χ2n) is 7.09. The summed E-state index contributed by atoms with van der Waals surface area (Å²) in [5.41, 5.74) is 2.81. The van der Waals surface area contributed by atoms with Crippen LogP contribution < -0.4 is 14.8 Å². The number of amides is 2. The molecule has 0 bridgehead atoms. The zero-order chi connectivity index (χ0) is 22.0. The van der Waals surface area contributed by atoms with E-state index in [1.54, 1.807) is 30.3 Å². The van der Waals surface area contributed by atoms with Crippen molar-refractivity contribution in [3.8, 4) is 11.5 Å². The van der Waals surface area contributed by atoms with Crippen LogP contribution in [0.4, 0.5) is 5.69 Å². The van der Waals surface area contributed by atoms with E-state index in [0.29, 0.717) is 28.5 Å². The third kappa shape index (κ3) is 3.90. The second-order valence-corrected chi connectivity index (χ2v) is 7.09. The van der Waals surface area contributed by atoms with Crippen LogP contribution in [0.2, 0.25) is 0 Å². The fourth-order valence-corrected chi connectivity index (χ4v) is 3.43. The number of ether oxygens (including phenoxy) is 2. The Labute approximate surface area is 179 Å². The summed E-state index contributed by atoms with van der Waals surface area (Å²) in [5.74, 6) is 0.677. The molecule has 4 rings (SSSR count). The molecule has 2 amide bonds. The molecule has 0 saturated carbocycles. The van der Waals surface area contributed by atoms with Gasteiger partial charge in [-0.25, -0.2) is 0 Å². The van der Waals surface area contributed by atoms with Gasteiger partial charge in [0, 0.05) is 5.69 Å². The van der Waals surface area contributed by atoms with Gasteiger partial charge in [-0.2, -0.15) is 0 Å². The van der Waals surface area contributed by atoms with Crippen LogP contribution in [0.5, 0.6) is 11.5 Å². The maximum Gasteiger partial charge on any atom is 0.278 e. The highest BCUT2D eigenvalue weighted by Crippen LogP contribution is 2.36. The van der Waals surface area contributed by atoms with Gasteiger partial charge in [0.25, 0.3) is 11.8 Å². The number of rotatable bonds is 7. The predicted octanol–water partition coefficient (Wildman–Crippen LogP) is 4.00. The number of methoxy groups -OCH3 is 2. The van der Waals surface area contributed by atoms with E-state index in [1.807, 2.05) is 31.2 Å². The number of carbonyl (C=O) groups excluding carboxylic acids is 2. The van der Waals surface area contributed by atoms with Crippen LogP contribution >= 0.6 is 0 Å². The SMILES string of the molecule is COc1ccc(C2=C(Nc3ccc(C)cc3)C(=O)N(Cc3ccco3)C2=O)cc1OC. The summed E-state index contributed by atoms with van der Waals surface area (Å²) in [6, 6.07) is 16.2. The van der Waals surface area contributed by atoms with Crippen molar-refractivity contribution >= 4 is 23.1 Å². The minimum atomic E-state index is -0.424. The van der Waals surface area contributed by atoms with Crippen LogP contribution in [-0.2, 0) is 16.1 Å². The third-order valence-corrected chi connectivity index (χ3v) is 5.06. The van der Waals surface area contributed by atoms with Gasteiger partial charge in [-0.3, -0.25) is 14.5 Å². The van der Waals surface area contributed by atoms with Crippen molar-refractivity contribution in [1.82, 2.24) is 4.90 Å². The lowest BCUT2D eigenvalue weighted by Crippen LogP contribution is -2.31. The number of nitrogens with zero attached hydrogens (tertiary/aromatic N) is 1. The van der Waals surface area contributed by atoms with E-state index in [-0.39, 0.29) is 17.8 Å². The van der Waals surface area contributed by atoms with E-state index < -0.39 is 11.8 Å². The van der Waals surface area contributed by atoms with Crippen molar-refractivity contribution in [2.45, 2.75) is 13.5 Å². The van der Waals surface area contributed by atoms with Crippen molar-refractivity contribution in [3.05, 3.63) is 83.4 Å². The van der Waals surface area contributed by atoms with Crippen LogP contribution in [0, 0.1) is 6.92 Å². The highest BCUT2D eigenvalue weighted by Gasteiger charge is 2.40. The Morgan fingerprint density at radius 3 is 2.32 bits per heavy atom. The summed E-state index contributed by atoms with van der Waals surface area (Å²) in [4.78, 5) is 27.8. The minimum Gasteiger partial charge on any atom is -0.493 e. The van der Waals surface area contributed by atoms with E-state index in [2.05, 4.69) is 5.32 Å². The molecular weight excluding hydrogens is 396 g/mol. The van der Waals surface area contributed by atoms with E-state index in [1.165, 1.54) is 25.4 Å². The molecule has 0 spiro atoms. The van der Waals surface area contributed by atoms with Gasteiger partial charge in [0.05, 0.1) is 32.6 Å². The fraction of sp³-hybridized carbons (Fsp3) is 0.167. The standard InChI is InChI=1S/C24H22N2O5/c1-15-6-9-17(10-7-15)25-22-21(16-8-11-19(29-2)20(13-16)30-3)23(27)26(24(22)28)14-18-5-4-12-31-18/h4-13,25H,14H2,1-3H3. The number of hydrogen-bond acceptors (Lipinski definition) is 6. The maximum atomic E-state index is 13.3. The Kier molecular flexibility index (Phi) is 5.49. The lowest BCUT2D eigenvalue weighted by molar-refractivity contribution is -0.137. The molecular formula is C24H22N2O5. The predicted molar refractivity (Wildman–Crippen MR) is 116 cm³/mol. The van der Waals surface area contributed by atoms with Crippen LogP contribution in [-0.4, -0.2) is 30.9 Å². The largest absolute Gasteiger partial charge is 0.493 e. The zero-order valence-corrected chi connectivity index (χ0v) is 17.5. The summed E-state index contributed by atoms with van der Waals surface area (Å²) in [5, 5.41) is 3.14. The number of nitrogens with one attached hydrogen (secondary N) is 1. The molecule has 158 valence electrons. The minimum absolute atomic E-state index is 0.0422. The molecule has 0 unspecified atom stereocenters. The van der Waals surface area contributed by atoms with Crippen LogP contribution in [0.25, 0.3) is 5.57 Å². The molecule has 1 aliphatic rings. The average Bonchev–Trinajstić information content (AvgIpc) is 3.38. The summed E-state index contributed by atoms with van der Waals surface area (Å²) < 4.78 is 16.0. The Morgan fingerprint density at radius 1 is 0.935 bits per heavy atom. The Hall–Kier alpha value is -4.00. The lowest BCUT2D eigenvalue weighted by Gasteiger charge is -2.14. The first kappa shape index (κ1) is 20.3. The van der Waals surface area contributed by atoms with Gasteiger partial charge in [0.15, 0.2) is 11.5 Å². The number of furan rings is 1. The smallest absolute Gasteiger partial charge is 0.278 e. The van der Waals surface area contributed by atoms with Crippen molar-refractivity contribution < 1.29 is 23.5 Å². The molecule has 3 aromatic rings. The normalized spacial score (nSPS) is 13.7. The van der Waals surface area contributed by atoms with Crippen molar-refractivity contribution in [1.29, 1.82) is 0 Å². The Balaban J connectivity index is 1.78. The topological polar surface area (TPSA) is 81.0 Å². The van der Waals surface area contributed by atoms with E-state index in [0.717, 1.165) is 5.56 Å². The molecule has 2 heterocycles. The summed E-state index contributed by atoms with van der Waals surface area (Å²) in [6.45, 7) is 2.02. The van der Waals surface area contributed by atoms with Gasteiger partial charge in [-0.1, -0.05) is 23.8 Å². The van der Waals surface area contributed by atoms with Gasteiger partial charge in [0.1, 0.15) is 11.5 Å². The van der Waals surface area contributed by atoms with Gasteiger partial charge >= 0.3 is 0 Å². The Bertz CT molecular complexity index is 1150. The summed E-state index contributed by atoms with van der Waals surface area (Å²) >= 11 is 0. The first-order valence-electron chi connectivity index (χ1n) is 9.70. The molecule has 1 aliphatic heterocycles. The van der Waals surface area contributed by atoms with Crippen molar-refractivity contribution in [2.24, 2.45) is 0 Å². The average molecular weight is 418 g/mol. The number of carbonyl (C=O) groups is 2. The maximum absolute atomic E-state index is 13.3. The highest BCUT2D eigenvalue weighted by atomic mass is 16.5. The Morgan fingerprint density at radius 2 is 1.68 bits per heavy atom. The molecule has 2 aromatic carbocycles. The van der Waals surface area contributed by atoms with Gasteiger partial charge in [-0.15, -0.1) is 0 Å². The highest BCUT2D eigenvalue weighted by molar-refractivity contribution is 6.36. The number of aryl methyl sites for hydroxylation is 1. The molecule has 0 fully saturated rings. The van der Waals surface area contributed by atoms with Crippen molar-refractivity contribution in [3.63, 3.8) is 0 Å². The van der Waals surface area contributed by atoms with E-state index >= 15 is 0 Å². The number of benzene rings is 2. The van der Waals surface area contributed by atoms with Crippen LogP contribution in [0.15, 0.2) is 71.0 Å². The van der Waals surface area contributed by atoms with E-state index in [4.69, 9.17) is 13.9 Å². The molecule has 1 N–H and O–H groups in total. The molecule has 1 aromatic heterocycles. The number of anilines is 1. The number of imide groups is 1. The number of hydrogen-bond donors (Lipinski definition) is 1. The molecule has 31 heavy (non-hydrogen) atoms. The zero-order valence-electron chi connectivity index (χ0n) is 17.5. The van der Waals surface area contributed by atoms with Gasteiger partial charge in [0.2, 0.25) is 0 Å². The quantitative estimate of drug-likeness (QED) is 0.584. The molecule has 7 nitrogen and oxygen atoms in total. The fourth-order valence-electron chi connectivity index (χ4n) is 3.43. The van der Waals surface area contributed by atoms with Crippen LogP contribution in [0.3, 0.4) is 0 Å². The van der Waals surface area contributed by atoms with Crippen molar-refractivity contribution in [2.75, 3.05) is 19.5 Å². The second kappa shape index (κ2) is 8.39. The molecule has 0 aliphatic carbocycles. The molecule has 0 saturated heterocycles. The molecule has 7 heteroatoms. The van der Waals surface area contributed by atoms with Crippen LogP contribution in [0.1, 0.15) is 16.9 Å². The monoisotopic (exact) mass is 418 g/mol. The molecule has 0 radical (unpaired) electrons. The first-order chi connectivity index (χ1) is 15.0.